The lowest BCUT2D eigenvalue weighted by Gasteiger charge is -2.09. The van der Waals surface area contributed by atoms with Gasteiger partial charge in [-0.1, -0.05) is 65.3 Å². The number of rotatable bonds is 8. The Hall–Kier alpha value is -5.03. The lowest BCUT2D eigenvalue weighted by molar-refractivity contribution is 0.0950. The molecule has 190 valence electrons. The zero-order valence-electron chi connectivity index (χ0n) is 20.1. The summed E-state index contributed by atoms with van der Waals surface area (Å²) in [6.45, 7) is 2.12. The fourth-order valence-corrected chi connectivity index (χ4v) is 3.79. The minimum absolute atomic E-state index is 0.00666. The number of halogens is 1. The van der Waals surface area contributed by atoms with Crippen molar-refractivity contribution in [1.82, 2.24) is 30.7 Å². The third-order valence-electron chi connectivity index (χ3n) is 5.58. The smallest absolute Gasteiger partial charge is 0.294 e. The van der Waals surface area contributed by atoms with Crippen LogP contribution in [0.4, 0.5) is 5.82 Å². The van der Waals surface area contributed by atoms with E-state index in [-0.39, 0.29) is 17.3 Å². The third-order valence-corrected chi connectivity index (χ3v) is 5.95. The summed E-state index contributed by atoms with van der Waals surface area (Å²) in [5, 5.41) is 20.3. The summed E-state index contributed by atoms with van der Waals surface area (Å²) >= 11 is 6.18. The van der Waals surface area contributed by atoms with Crippen LogP contribution >= 0.6 is 11.6 Å². The summed E-state index contributed by atoms with van der Waals surface area (Å²) < 4.78 is 11.8. The first-order valence-corrected chi connectivity index (χ1v) is 11.8. The van der Waals surface area contributed by atoms with Gasteiger partial charge < -0.3 is 10.5 Å². The third kappa shape index (κ3) is 5.22. The Morgan fingerprint density at radius 3 is 2.50 bits per heavy atom. The molecule has 38 heavy (non-hydrogen) atoms. The fraction of sp³-hybridized carbons (Fsp3) is 0.0769. The summed E-state index contributed by atoms with van der Waals surface area (Å²) in [6.07, 6.45) is 0. The molecule has 1 amide bonds. The van der Waals surface area contributed by atoms with E-state index in [4.69, 9.17) is 22.1 Å². The first kappa shape index (κ1) is 24.7. The molecule has 5 rings (SSSR count). The van der Waals surface area contributed by atoms with Crippen molar-refractivity contribution in [2.45, 2.75) is 13.5 Å². The van der Waals surface area contributed by atoms with Gasteiger partial charge in [0.2, 0.25) is 11.6 Å². The molecular formula is C26H21ClN8O3. The zero-order valence-corrected chi connectivity index (χ0v) is 20.8. The highest BCUT2D eigenvalue weighted by Crippen LogP contribution is 2.26. The first-order chi connectivity index (χ1) is 18.5. The molecule has 12 heteroatoms. The van der Waals surface area contributed by atoms with Gasteiger partial charge >= 0.3 is 0 Å². The minimum atomic E-state index is -0.566. The van der Waals surface area contributed by atoms with Gasteiger partial charge in [0, 0.05) is 16.1 Å². The van der Waals surface area contributed by atoms with Crippen LogP contribution in [0, 0.1) is 0 Å². The van der Waals surface area contributed by atoms with Crippen LogP contribution in [0.15, 0.2) is 88.6 Å². The molecule has 0 atom stereocenters. The number of nitrogen functional groups attached to an aromatic ring is 1. The van der Waals surface area contributed by atoms with Crippen molar-refractivity contribution < 1.29 is 14.2 Å². The molecule has 0 radical (unpaired) electrons. The number of nitrogens with zero attached hydrogens (tertiary/aromatic N) is 6. The normalized spacial score (nSPS) is 11.4. The van der Waals surface area contributed by atoms with Crippen LogP contribution in [0.25, 0.3) is 17.1 Å². The average molecular weight is 529 g/mol. The van der Waals surface area contributed by atoms with Crippen LogP contribution < -0.4 is 15.9 Å². The number of nitrogens with two attached hydrogens (primary N) is 1. The Morgan fingerprint density at radius 2 is 1.79 bits per heavy atom. The number of hydrazone groups is 1. The number of benzene rings is 3. The maximum Gasteiger partial charge on any atom is 0.294 e. The number of anilines is 1. The van der Waals surface area contributed by atoms with Crippen LogP contribution in [0.3, 0.4) is 0 Å². The number of carbonyl (C=O) groups excluding carboxylic acids is 1. The van der Waals surface area contributed by atoms with Crippen LogP contribution in [-0.4, -0.2) is 36.9 Å². The van der Waals surface area contributed by atoms with E-state index in [1.165, 1.54) is 4.68 Å². The highest BCUT2D eigenvalue weighted by atomic mass is 35.5. The van der Waals surface area contributed by atoms with Gasteiger partial charge in [0.25, 0.3) is 5.91 Å². The number of carbonyl (C=O) groups is 1. The van der Waals surface area contributed by atoms with Crippen LogP contribution in [0.2, 0.25) is 5.02 Å². The van der Waals surface area contributed by atoms with Gasteiger partial charge in [-0.25, -0.2) is 10.1 Å². The number of nitrogens with one attached hydrogen (secondary N) is 1. The van der Waals surface area contributed by atoms with E-state index < -0.39 is 5.91 Å². The lowest BCUT2D eigenvalue weighted by Crippen LogP contribution is -2.21. The lowest BCUT2D eigenvalue weighted by atomic mass is 10.1. The van der Waals surface area contributed by atoms with E-state index in [9.17, 15) is 4.79 Å². The molecule has 0 aliphatic rings. The largest absolute Gasteiger partial charge is 0.489 e. The van der Waals surface area contributed by atoms with E-state index in [2.05, 4.69) is 35.8 Å². The van der Waals surface area contributed by atoms with Crippen LogP contribution in [0.5, 0.6) is 5.75 Å². The number of amides is 1. The van der Waals surface area contributed by atoms with Gasteiger partial charge in [0.05, 0.1) is 5.71 Å². The molecule has 2 heterocycles. The summed E-state index contributed by atoms with van der Waals surface area (Å²) in [7, 11) is 0. The topological polar surface area (TPSA) is 146 Å². The molecular weight excluding hydrogens is 508 g/mol. The van der Waals surface area contributed by atoms with E-state index in [1.54, 1.807) is 19.1 Å². The molecule has 3 aromatic carbocycles. The first-order valence-electron chi connectivity index (χ1n) is 11.4. The zero-order chi connectivity index (χ0) is 26.5. The molecule has 5 aromatic rings. The van der Waals surface area contributed by atoms with E-state index in [0.717, 1.165) is 11.1 Å². The Morgan fingerprint density at radius 1 is 1.05 bits per heavy atom. The molecule has 0 unspecified atom stereocenters. The average Bonchev–Trinajstić information content (AvgIpc) is 3.58. The molecule has 0 saturated carbocycles. The number of aromatic nitrogens is 5. The molecule has 0 saturated heterocycles. The second kappa shape index (κ2) is 10.9. The van der Waals surface area contributed by atoms with Crippen molar-refractivity contribution in [2.75, 3.05) is 5.73 Å². The van der Waals surface area contributed by atoms with E-state index >= 15 is 0 Å². The maximum atomic E-state index is 13.1. The van der Waals surface area contributed by atoms with Crippen molar-refractivity contribution in [3.63, 3.8) is 0 Å². The second-order valence-electron chi connectivity index (χ2n) is 8.08. The molecule has 2 aromatic heterocycles. The van der Waals surface area contributed by atoms with Gasteiger partial charge in [-0.2, -0.15) is 9.78 Å². The molecule has 0 aliphatic heterocycles. The molecule has 0 bridgehead atoms. The van der Waals surface area contributed by atoms with Crippen molar-refractivity contribution in [2.24, 2.45) is 5.10 Å². The molecule has 11 nitrogen and oxygen atoms in total. The van der Waals surface area contributed by atoms with Gasteiger partial charge in [0.15, 0.2) is 5.69 Å². The monoisotopic (exact) mass is 528 g/mol. The summed E-state index contributed by atoms with van der Waals surface area (Å²) in [6, 6.07) is 24.0. The van der Waals surface area contributed by atoms with Gasteiger partial charge in [0.1, 0.15) is 18.1 Å². The van der Waals surface area contributed by atoms with Crippen LogP contribution in [-0.2, 0) is 6.61 Å². The molecule has 0 fully saturated rings. The van der Waals surface area contributed by atoms with Crippen molar-refractivity contribution >= 4 is 29.0 Å². The minimum Gasteiger partial charge on any atom is -0.489 e. The Kier molecular flexibility index (Phi) is 7.09. The van der Waals surface area contributed by atoms with Crippen LogP contribution in [0.1, 0.15) is 28.5 Å². The predicted octanol–water partition coefficient (Wildman–Crippen LogP) is 4.29. The predicted molar refractivity (Wildman–Crippen MR) is 141 cm³/mol. The Bertz CT molecular complexity index is 1600. The van der Waals surface area contributed by atoms with Crippen molar-refractivity contribution in [3.05, 3.63) is 101 Å². The SMILES string of the molecule is C/C(=N\NC(=O)c1nnn(-c2nonc2N)c1-c1ccccc1)c1ccc(OCc2ccccc2Cl)cc1. The number of hydrogen-bond donors (Lipinski definition) is 2. The highest BCUT2D eigenvalue weighted by molar-refractivity contribution is 6.31. The quantitative estimate of drug-likeness (QED) is 0.224. The fourth-order valence-electron chi connectivity index (χ4n) is 3.60. The second-order valence-corrected chi connectivity index (χ2v) is 8.49. The summed E-state index contributed by atoms with van der Waals surface area (Å²) in [5.41, 5.74) is 11.7. The van der Waals surface area contributed by atoms with Gasteiger partial charge in [-0.15, -0.1) is 5.10 Å². The highest BCUT2D eigenvalue weighted by Gasteiger charge is 2.25. The van der Waals surface area contributed by atoms with E-state index in [0.29, 0.717) is 34.3 Å². The molecule has 0 aliphatic carbocycles. The van der Waals surface area contributed by atoms with Gasteiger partial charge in [-0.05, 0) is 53.1 Å². The van der Waals surface area contributed by atoms with Gasteiger partial charge in [-0.3, -0.25) is 4.79 Å². The summed E-state index contributed by atoms with van der Waals surface area (Å²) in [4.78, 5) is 13.1. The summed E-state index contributed by atoms with van der Waals surface area (Å²) in [5.74, 6) is 0.236. The van der Waals surface area contributed by atoms with E-state index in [1.807, 2.05) is 66.7 Å². The Labute approximate surface area is 221 Å². The Balaban J connectivity index is 1.32. The number of ether oxygens (including phenoxy) is 1. The van der Waals surface area contributed by atoms with Crippen molar-refractivity contribution in [1.29, 1.82) is 0 Å². The maximum absolute atomic E-state index is 13.1. The molecule has 3 N–H and O–H groups in total. The molecule has 0 spiro atoms. The standard InChI is InChI=1S/C26H21ClN8O3/c1-16(17-11-13-20(14-12-17)37-15-19-9-5-6-10-21(19)27)29-31-26(36)22-23(18-7-3-2-4-8-18)35(34-30-22)25-24(28)32-38-33-25/h2-14H,15H2,1H3,(H2,28,32)(H,31,36)/b29-16+. The van der Waals surface area contributed by atoms with Crippen molar-refractivity contribution in [3.8, 4) is 22.8 Å². The number of hydrogen-bond acceptors (Lipinski definition) is 9.